The maximum atomic E-state index is 2.46. The highest BCUT2D eigenvalue weighted by Crippen LogP contribution is 2.46. The van der Waals surface area contributed by atoms with Crippen molar-refractivity contribution in [3.8, 4) is 39.1 Å². The minimum absolute atomic E-state index is 1.09. The summed E-state index contributed by atoms with van der Waals surface area (Å²) in [5.74, 6) is 0. The number of fused-ring (bicyclic) bond motifs is 7. The normalized spacial score (nSPS) is 11.6. The van der Waals surface area contributed by atoms with Crippen molar-refractivity contribution in [1.29, 1.82) is 0 Å². The number of nitrogens with zero attached hydrogens (tertiary/aromatic N) is 2. The van der Waals surface area contributed by atoms with Gasteiger partial charge in [0.15, 0.2) is 0 Å². The summed E-state index contributed by atoms with van der Waals surface area (Å²) in [4.78, 5) is 2.46. The van der Waals surface area contributed by atoms with Crippen molar-refractivity contribution < 1.29 is 0 Å². The predicted octanol–water partition coefficient (Wildman–Crippen LogP) is 16.8. The Kier molecular flexibility index (Phi) is 8.39. The topological polar surface area (TPSA) is 8.17 Å². The molecule has 0 aliphatic carbocycles. The molecule has 2 nitrogen and oxygen atoms in total. The zero-order valence-electron chi connectivity index (χ0n) is 33.2. The lowest BCUT2D eigenvalue weighted by Gasteiger charge is -2.29. The number of benzene rings is 10. The monoisotopic (exact) mass is 794 g/mol. The zero-order valence-corrected chi connectivity index (χ0v) is 34.1. The molecule has 0 saturated heterocycles. The summed E-state index contributed by atoms with van der Waals surface area (Å²) in [6, 6.07) is 84.4. The Balaban J connectivity index is 1.03. The highest BCUT2D eigenvalue weighted by molar-refractivity contribution is 7.25. The van der Waals surface area contributed by atoms with Gasteiger partial charge in [0.1, 0.15) is 0 Å². The van der Waals surface area contributed by atoms with Crippen LogP contribution in [0.2, 0.25) is 0 Å². The Hall–Kier alpha value is -7.72. The molecule has 0 atom stereocenters. The van der Waals surface area contributed by atoms with Gasteiger partial charge in [-0.2, -0.15) is 0 Å². The Morgan fingerprint density at radius 1 is 0.328 bits per heavy atom. The summed E-state index contributed by atoms with van der Waals surface area (Å²) in [6.45, 7) is 0. The molecular formula is C58H38N2S. The number of hydrogen-bond acceptors (Lipinski definition) is 2. The Labute approximate surface area is 358 Å². The van der Waals surface area contributed by atoms with Crippen molar-refractivity contribution in [3.63, 3.8) is 0 Å². The molecule has 3 heteroatoms. The molecule has 0 fully saturated rings. The van der Waals surface area contributed by atoms with E-state index in [1.807, 2.05) is 11.3 Å². The molecule has 12 aromatic rings. The third-order valence-electron chi connectivity index (χ3n) is 12.2. The Morgan fingerprint density at radius 3 is 1.72 bits per heavy atom. The number of rotatable bonds is 7. The summed E-state index contributed by atoms with van der Waals surface area (Å²) >= 11 is 1.85. The van der Waals surface area contributed by atoms with E-state index < -0.39 is 0 Å². The van der Waals surface area contributed by atoms with Crippen LogP contribution in [-0.2, 0) is 0 Å². The summed E-state index contributed by atoms with van der Waals surface area (Å²) in [5, 5.41) is 7.57. The SMILES string of the molecule is c1ccc(-c2ccc(-c3ccc4ccccc4c3)cc2N(c2ccc(-c3cccc(-n4c5ccccc5c5ccccc54)c3)cc2)c2ccc3sc4ccccc4c3c2)cc1. The molecule has 0 N–H and O–H groups in total. The van der Waals surface area contributed by atoms with Crippen LogP contribution < -0.4 is 4.90 Å². The highest BCUT2D eigenvalue weighted by atomic mass is 32.1. The first kappa shape index (κ1) is 35.2. The van der Waals surface area contributed by atoms with Gasteiger partial charge in [-0.05, 0) is 111 Å². The van der Waals surface area contributed by atoms with E-state index in [1.54, 1.807) is 0 Å². The molecule has 0 aliphatic heterocycles. The van der Waals surface area contributed by atoms with Crippen molar-refractivity contribution in [3.05, 3.63) is 231 Å². The summed E-state index contributed by atoms with van der Waals surface area (Å²) in [5.41, 5.74) is 13.9. The second-order valence-electron chi connectivity index (χ2n) is 15.7. The van der Waals surface area contributed by atoms with Crippen molar-refractivity contribution in [2.75, 3.05) is 4.90 Å². The molecule has 10 aromatic carbocycles. The summed E-state index contributed by atoms with van der Waals surface area (Å²) in [6.07, 6.45) is 0. The molecule has 2 aromatic heterocycles. The minimum atomic E-state index is 1.09. The second-order valence-corrected chi connectivity index (χ2v) is 16.8. The summed E-state index contributed by atoms with van der Waals surface area (Å²) < 4.78 is 4.98. The molecule has 0 radical (unpaired) electrons. The van der Waals surface area contributed by atoms with Gasteiger partial charge >= 0.3 is 0 Å². The molecule has 0 aliphatic rings. The van der Waals surface area contributed by atoms with Gasteiger partial charge in [-0.15, -0.1) is 11.3 Å². The van der Waals surface area contributed by atoms with Gasteiger partial charge in [-0.25, -0.2) is 0 Å². The number of anilines is 3. The van der Waals surface area contributed by atoms with Crippen LogP contribution >= 0.6 is 11.3 Å². The van der Waals surface area contributed by atoms with E-state index in [-0.39, 0.29) is 0 Å². The average molecular weight is 795 g/mol. The average Bonchev–Trinajstić information content (AvgIpc) is 3.88. The third kappa shape index (κ3) is 6.09. The van der Waals surface area contributed by atoms with Crippen LogP contribution in [0, 0.1) is 0 Å². The molecule has 0 saturated carbocycles. The molecule has 12 rings (SSSR count). The quantitative estimate of drug-likeness (QED) is 0.156. The van der Waals surface area contributed by atoms with Crippen LogP contribution in [0.4, 0.5) is 17.1 Å². The molecule has 61 heavy (non-hydrogen) atoms. The lowest BCUT2D eigenvalue weighted by atomic mass is 9.95. The number of thiophene rings is 1. The van der Waals surface area contributed by atoms with Crippen molar-refractivity contribution in [2.24, 2.45) is 0 Å². The lowest BCUT2D eigenvalue weighted by Crippen LogP contribution is -2.11. The van der Waals surface area contributed by atoms with Gasteiger partial charge in [0.2, 0.25) is 0 Å². The standard InChI is InChI=1S/C58H38N2S/c1-2-14-41(15-3-1)49-33-29-45(44-26-25-39-13-4-5-16-42(39)35-44)37-56(49)59(48-32-34-58-53(38-48)52-21-8-11-24-57(52)61-58)46-30-27-40(28-31-46)43-17-12-18-47(36-43)60-54-22-9-6-19-50(54)51-20-7-10-23-55(51)60/h1-38H. The van der Waals surface area contributed by atoms with Crippen LogP contribution in [0.15, 0.2) is 231 Å². The van der Waals surface area contributed by atoms with Gasteiger partial charge in [-0.3, -0.25) is 0 Å². The Morgan fingerprint density at radius 2 is 0.918 bits per heavy atom. The van der Waals surface area contributed by atoms with E-state index in [4.69, 9.17) is 0 Å². The fourth-order valence-electron chi connectivity index (χ4n) is 9.24. The third-order valence-corrected chi connectivity index (χ3v) is 13.3. The van der Waals surface area contributed by atoms with Gasteiger partial charge in [0.05, 0.1) is 16.7 Å². The molecule has 286 valence electrons. The first-order valence-corrected chi connectivity index (χ1v) is 21.6. The van der Waals surface area contributed by atoms with Gasteiger partial charge in [0.25, 0.3) is 0 Å². The molecule has 0 amide bonds. The fraction of sp³-hybridized carbons (Fsp3) is 0. The van der Waals surface area contributed by atoms with E-state index in [1.165, 1.54) is 86.1 Å². The minimum Gasteiger partial charge on any atom is -0.310 e. The van der Waals surface area contributed by atoms with Gasteiger partial charge in [0, 0.05) is 53.6 Å². The zero-order chi connectivity index (χ0) is 40.3. The molecular weight excluding hydrogens is 757 g/mol. The fourth-order valence-corrected chi connectivity index (χ4v) is 10.3. The van der Waals surface area contributed by atoms with Crippen LogP contribution in [0.1, 0.15) is 0 Å². The maximum absolute atomic E-state index is 2.46. The second kappa shape index (κ2) is 14.5. The van der Waals surface area contributed by atoms with E-state index in [0.717, 1.165) is 22.7 Å². The number of hydrogen-bond donors (Lipinski definition) is 0. The maximum Gasteiger partial charge on any atom is 0.0546 e. The highest BCUT2D eigenvalue weighted by Gasteiger charge is 2.21. The van der Waals surface area contributed by atoms with Crippen LogP contribution in [0.3, 0.4) is 0 Å². The van der Waals surface area contributed by atoms with Gasteiger partial charge < -0.3 is 9.47 Å². The smallest absolute Gasteiger partial charge is 0.0546 e. The van der Waals surface area contributed by atoms with Crippen LogP contribution in [0.25, 0.3) is 91.8 Å². The van der Waals surface area contributed by atoms with Crippen molar-refractivity contribution in [2.45, 2.75) is 0 Å². The number of aromatic nitrogens is 1. The Bertz CT molecular complexity index is 3540. The van der Waals surface area contributed by atoms with E-state index in [0.29, 0.717) is 0 Å². The summed E-state index contributed by atoms with van der Waals surface area (Å²) in [7, 11) is 0. The first-order valence-electron chi connectivity index (χ1n) is 20.8. The number of para-hydroxylation sites is 2. The van der Waals surface area contributed by atoms with E-state index in [2.05, 4.69) is 240 Å². The largest absolute Gasteiger partial charge is 0.310 e. The predicted molar refractivity (Wildman–Crippen MR) is 262 cm³/mol. The lowest BCUT2D eigenvalue weighted by molar-refractivity contribution is 1.18. The molecule has 0 bridgehead atoms. The van der Waals surface area contributed by atoms with E-state index in [9.17, 15) is 0 Å². The van der Waals surface area contributed by atoms with Crippen LogP contribution in [-0.4, -0.2) is 4.57 Å². The molecule has 0 spiro atoms. The molecule has 0 unspecified atom stereocenters. The van der Waals surface area contributed by atoms with E-state index >= 15 is 0 Å². The van der Waals surface area contributed by atoms with Crippen molar-refractivity contribution >= 4 is 81.1 Å². The molecule has 2 heterocycles. The van der Waals surface area contributed by atoms with Crippen LogP contribution in [0.5, 0.6) is 0 Å². The van der Waals surface area contributed by atoms with Gasteiger partial charge in [-0.1, -0.05) is 158 Å². The first-order chi connectivity index (χ1) is 30.2. The van der Waals surface area contributed by atoms with Crippen molar-refractivity contribution in [1.82, 2.24) is 4.57 Å².